The molecular formula is C14H21BrN2O. The van der Waals surface area contributed by atoms with Crippen molar-refractivity contribution in [3.05, 3.63) is 22.4 Å². The highest BCUT2D eigenvalue weighted by Crippen LogP contribution is 2.23. The number of ether oxygens (including phenoxy) is 1. The number of nitrogens with zero attached hydrogens (tertiary/aromatic N) is 1. The predicted octanol–water partition coefficient (Wildman–Crippen LogP) is 3.91. The Kier molecular flexibility index (Phi) is 5.01. The van der Waals surface area contributed by atoms with Gasteiger partial charge in [-0.05, 0) is 54.2 Å². The topological polar surface area (TPSA) is 34.2 Å². The molecule has 0 spiro atoms. The van der Waals surface area contributed by atoms with Gasteiger partial charge in [0.1, 0.15) is 4.60 Å². The van der Waals surface area contributed by atoms with E-state index < -0.39 is 0 Å². The molecule has 2 heterocycles. The molecule has 0 saturated carbocycles. The van der Waals surface area contributed by atoms with Crippen molar-refractivity contribution in [1.29, 1.82) is 0 Å². The van der Waals surface area contributed by atoms with E-state index in [2.05, 4.69) is 39.2 Å². The summed E-state index contributed by atoms with van der Waals surface area (Å²) < 4.78 is 6.66. The van der Waals surface area contributed by atoms with Crippen LogP contribution in [-0.2, 0) is 4.74 Å². The normalized spacial score (nSPS) is 23.9. The van der Waals surface area contributed by atoms with Gasteiger partial charge in [0.25, 0.3) is 0 Å². The first kappa shape index (κ1) is 13.8. The van der Waals surface area contributed by atoms with E-state index in [9.17, 15) is 0 Å². The Morgan fingerprint density at radius 2 is 2.33 bits per heavy atom. The van der Waals surface area contributed by atoms with E-state index in [0.717, 1.165) is 41.9 Å². The van der Waals surface area contributed by atoms with Crippen LogP contribution in [0.1, 0.15) is 38.3 Å². The number of hydrogen-bond donors (Lipinski definition) is 1. The van der Waals surface area contributed by atoms with Gasteiger partial charge in [-0.25, -0.2) is 4.98 Å². The molecule has 2 atom stereocenters. The number of rotatable bonds is 4. The molecule has 0 radical (unpaired) electrons. The summed E-state index contributed by atoms with van der Waals surface area (Å²) in [4.78, 5) is 4.42. The maximum absolute atomic E-state index is 5.77. The van der Waals surface area contributed by atoms with Gasteiger partial charge < -0.3 is 10.1 Å². The van der Waals surface area contributed by atoms with Crippen molar-refractivity contribution in [2.45, 2.75) is 51.7 Å². The highest BCUT2D eigenvalue weighted by molar-refractivity contribution is 9.10. The minimum absolute atomic E-state index is 0.421. The number of nitrogens with one attached hydrogen (secondary N) is 1. The van der Waals surface area contributed by atoms with Crippen LogP contribution in [0.4, 0.5) is 5.69 Å². The Bertz CT molecular complexity index is 395. The fraction of sp³-hybridized carbons (Fsp3) is 0.643. The molecule has 1 aliphatic rings. The molecule has 1 aliphatic heterocycles. The summed E-state index contributed by atoms with van der Waals surface area (Å²) in [6, 6.07) is 4.59. The second-order valence-corrected chi connectivity index (χ2v) is 5.73. The lowest BCUT2D eigenvalue weighted by molar-refractivity contribution is 0.00596. The van der Waals surface area contributed by atoms with E-state index in [4.69, 9.17) is 4.74 Å². The van der Waals surface area contributed by atoms with Crippen molar-refractivity contribution in [2.24, 2.45) is 0 Å². The quantitative estimate of drug-likeness (QED) is 0.856. The number of aromatic nitrogens is 1. The lowest BCUT2D eigenvalue weighted by atomic mass is 10.00. The molecule has 1 saturated heterocycles. The maximum Gasteiger partial charge on any atom is 0.106 e. The standard InChI is InChI=1S/C14H21BrN2O/c1-3-4-12-9-11(7-8-18-12)17-13-5-6-14(15)16-10(13)2/h5-6,11-12,17H,3-4,7-9H2,1-2H3. The number of hydrogen-bond acceptors (Lipinski definition) is 3. The molecule has 0 aliphatic carbocycles. The van der Waals surface area contributed by atoms with E-state index in [-0.39, 0.29) is 0 Å². The zero-order chi connectivity index (χ0) is 13.0. The molecule has 18 heavy (non-hydrogen) atoms. The minimum Gasteiger partial charge on any atom is -0.381 e. The Hall–Kier alpha value is -0.610. The second-order valence-electron chi connectivity index (χ2n) is 4.91. The SMILES string of the molecule is CCCC1CC(Nc2ccc(Br)nc2C)CCO1. The largest absolute Gasteiger partial charge is 0.381 e. The summed E-state index contributed by atoms with van der Waals surface area (Å²) in [7, 11) is 0. The van der Waals surface area contributed by atoms with Gasteiger partial charge in [-0.1, -0.05) is 13.3 Å². The van der Waals surface area contributed by atoms with E-state index in [1.807, 2.05) is 13.0 Å². The highest BCUT2D eigenvalue weighted by atomic mass is 79.9. The van der Waals surface area contributed by atoms with Crippen LogP contribution in [0.3, 0.4) is 0 Å². The van der Waals surface area contributed by atoms with Crippen molar-refractivity contribution < 1.29 is 4.74 Å². The Labute approximate surface area is 117 Å². The van der Waals surface area contributed by atoms with Crippen LogP contribution < -0.4 is 5.32 Å². The van der Waals surface area contributed by atoms with Gasteiger partial charge in [-0.2, -0.15) is 0 Å². The summed E-state index contributed by atoms with van der Waals surface area (Å²) in [5.74, 6) is 0. The third-order valence-corrected chi connectivity index (χ3v) is 3.83. The molecular weight excluding hydrogens is 292 g/mol. The fourth-order valence-electron chi connectivity index (χ4n) is 2.44. The Morgan fingerprint density at radius 3 is 3.06 bits per heavy atom. The van der Waals surface area contributed by atoms with Crippen molar-refractivity contribution in [2.75, 3.05) is 11.9 Å². The Morgan fingerprint density at radius 1 is 1.50 bits per heavy atom. The summed E-state index contributed by atoms with van der Waals surface area (Å²) >= 11 is 3.39. The van der Waals surface area contributed by atoms with Crippen molar-refractivity contribution in [3.8, 4) is 0 Å². The van der Waals surface area contributed by atoms with E-state index >= 15 is 0 Å². The van der Waals surface area contributed by atoms with Crippen molar-refractivity contribution >= 4 is 21.6 Å². The molecule has 2 rings (SSSR count). The van der Waals surface area contributed by atoms with Gasteiger partial charge in [0.2, 0.25) is 0 Å². The summed E-state index contributed by atoms with van der Waals surface area (Å²) in [6.07, 6.45) is 4.95. The van der Waals surface area contributed by atoms with Crippen LogP contribution in [0.2, 0.25) is 0 Å². The van der Waals surface area contributed by atoms with Gasteiger partial charge in [0, 0.05) is 12.6 Å². The smallest absolute Gasteiger partial charge is 0.106 e. The lowest BCUT2D eigenvalue weighted by Gasteiger charge is -2.31. The minimum atomic E-state index is 0.421. The van der Waals surface area contributed by atoms with Crippen LogP contribution >= 0.6 is 15.9 Å². The maximum atomic E-state index is 5.77. The Balaban J connectivity index is 1.96. The van der Waals surface area contributed by atoms with Crippen LogP contribution in [-0.4, -0.2) is 23.7 Å². The average molecular weight is 313 g/mol. The molecule has 100 valence electrons. The number of halogens is 1. The number of anilines is 1. The van der Waals surface area contributed by atoms with Gasteiger partial charge >= 0.3 is 0 Å². The van der Waals surface area contributed by atoms with Gasteiger partial charge in [-0.15, -0.1) is 0 Å². The van der Waals surface area contributed by atoms with Gasteiger partial charge in [-0.3, -0.25) is 0 Å². The molecule has 1 aromatic rings. The second kappa shape index (κ2) is 6.53. The third-order valence-electron chi connectivity index (χ3n) is 3.39. The molecule has 1 fully saturated rings. The van der Waals surface area contributed by atoms with Crippen LogP contribution in [0.15, 0.2) is 16.7 Å². The predicted molar refractivity (Wildman–Crippen MR) is 78.0 cm³/mol. The number of pyridine rings is 1. The summed E-state index contributed by atoms with van der Waals surface area (Å²) in [6.45, 7) is 5.12. The van der Waals surface area contributed by atoms with E-state index in [1.54, 1.807) is 0 Å². The summed E-state index contributed by atoms with van der Waals surface area (Å²) in [5.41, 5.74) is 2.18. The van der Waals surface area contributed by atoms with E-state index in [0.29, 0.717) is 12.1 Å². The molecule has 2 unspecified atom stereocenters. The molecule has 0 amide bonds. The zero-order valence-electron chi connectivity index (χ0n) is 11.1. The molecule has 0 aromatic carbocycles. The van der Waals surface area contributed by atoms with Gasteiger partial charge in [0.05, 0.1) is 17.5 Å². The van der Waals surface area contributed by atoms with Crippen molar-refractivity contribution in [1.82, 2.24) is 4.98 Å². The first-order valence-electron chi connectivity index (χ1n) is 6.70. The fourth-order valence-corrected chi connectivity index (χ4v) is 2.84. The first-order chi connectivity index (χ1) is 8.69. The van der Waals surface area contributed by atoms with Crippen molar-refractivity contribution in [3.63, 3.8) is 0 Å². The lowest BCUT2D eigenvalue weighted by Crippen LogP contribution is -2.34. The summed E-state index contributed by atoms with van der Waals surface area (Å²) in [5, 5.41) is 3.60. The average Bonchev–Trinajstić information content (AvgIpc) is 2.34. The number of aryl methyl sites for hydroxylation is 1. The molecule has 1 N–H and O–H groups in total. The molecule has 3 nitrogen and oxygen atoms in total. The van der Waals surface area contributed by atoms with Crippen LogP contribution in [0.5, 0.6) is 0 Å². The highest BCUT2D eigenvalue weighted by Gasteiger charge is 2.22. The van der Waals surface area contributed by atoms with E-state index in [1.165, 1.54) is 6.42 Å². The monoisotopic (exact) mass is 312 g/mol. The molecule has 1 aromatic heterocycles. The van der Waals surface area contributed by atoms with Crippen LogP contribution in [0.25, 0.3) is 0 Å². The molecule has 0 bridgehead atoms. The first-order valence-corrected chi connectivity index (χ1v) is 7.49. The molecule has 4 heteroatoms. The van der Waals surface area contributed by atoms with Crippen LogP contribution in [0, 0.1) is 6.92 Å². The van der Waals surface area contributed by atoms with Gasteiger partial charge in [0.15, 0.2) is 0 Å². The third kappa shape index (κ3) is 3.69. The zero-order valence-corrected chi connectivity index (χ0v) is 12.7.